The van der Waals surface area contributed by atoms with E-state index in [-0.39, 0.29) is 0 Å². The van der Waals surface area contributed by atoms with Crippen molar-refractivity contribution in [3.8, 4) is 5.75 Å². The number of methoxy groups -OCH3 is 1. The van der Waals surface area contributed by atoms with Gasteiger partial charge in [-0.05, 0) is 59.4 Å². The van der Waals surface area contributed by atoms with E-state index >= 15 is 0 Å². The molecule has 0 saturated carbocycles. The summed E-state index contributed by atoms with van der Waals surface area (Å²) < 4.78 is 5.20. The third-order valence-corrected chi connectivity index (χ3v) is 3.76. The number of hydrogen-bond acceptors (Lipinski definition) is 1. The second-order valence-electron chi connectivity index (χ2n) is 4.69. The van der Waals surface area contributed by atoms with Gasteiger partial charge in [-0.25, -0.2) is 0 Å². The standard InChI is InChI=1S/C17H15ClO/c1-19-15-8-5-12(6-9-15)16-4-2-3-13-11-14(18)7-10-17(13)16/h4-11H,2-3H2,1H3. The van der Waals surface area contributed by atoms with Gasteiger partial charge in [-0.1, -0.05) is 35.9 Å². The van der Waals surface area contributed by atoms with E-state index in [0.717, 1.165) is 23.6 Å². The van der Waals surface area contributed by atoms with Crippen LogP contribution < -0.4 is 4.74 Å². The highest BCUT2D eigenvalue weighted by atomic mass is 35.5. The van der Waals surface area contributed by atoms with Crippen molar-refractivity contribution >= 4 is 17.2 Å². The van der Waals surface area contributed by atoms with Gasteiger partial charge in [0.15, 0.2) is 0 Å². The minimum absolute atomic E-state index is 0.815. The molecule has 0 bridgehead atoms. The van der Waals surface area contributed by atoms with Crippen molar-refractivity contribution in [1.29, 1.82) is 0 Å². The highest BCUT2D eigenvalue weighted by Gasteiger charge is 2.14. The number of allylic oxidation sites excluding steroid dienone is 1. The number of hydrogen-bond donors (Lipinski definition) is 0. The Labute approximate surface area is 118 Å². The SMILES string of the molecule is COc1ccc(C2=CCCc3cc(Cl)ccc32)cc1. The molecule has 3 rings (SSSR count). The van der Waals surface area contributed by atoms with Gasteiger partial charge in [0.1, 0.15) is 5.75 Å². The van der Waals surface area contributed by atoms with E-state index in [0.29, 0.717) is 0 Å². The van der Waals surface area contributed by atoms with Crippen LogP contribution in [0.4, 0.5) is 0 Å². The van der Waals surface area contributed by atoms with Gasteiger partial charge in [0, 0.05) is 5.02 Å². The Morgan fingerprint density at radius 2 is 1.84 bits per heavy atom. The van der Waals surface area contributed by atoms with Gasteiger partial charge in [-0.2, -0.15) is 0 Å². The van der Waals surface area contributed by atoms with E-state index in [1.54, 1.807) is 7.11 Å². The lowest BCUT2D eigenvalue weighted by Gasteiger charge is -2.18. The fraction of sp³-hybridized carbons (Fsp3) is 0.176. The zero-order chi connectivity index (χ0) is 13.2. The first kappa shape index (κ1) is 12.3. The maximum Gasteiger partial charge on any atom is 0.118 e. The molecule has 0 fully saturated rings. The molecule has 1 nitrogen and oxygen atoms in total. The zero-order valence-corrected chi connectivity index (χ0v) is 11.6. The summed E-state index contributed by atoms with van der Waals surface area (Å²) in [6.07, 6.45) is 4.43. The van der Waals surface area contributed by atoms with Gasteiger partial charge in [0.2, 0.25) is 0 Å². The second kappa shape index (κ2) is 5.10. The van der Waals surface area contributed by atoms with Crippen molar-refractivity contribution in [2.75, 3.05) is 7.11 Å². The van der Waals surface area contributed by atoms with Crippen molar-refractivity contribution in [3.05, 3.63) is 70.3 Å². The Bertz CT molecular complexity index is 626. The Balaban J connectivity index is 2.03. The van der Waals surface area contributed by atoms with Crippen LogP contribution in [0.3, 0.4) is 0 Å². The summed E-state index contributed by atoms with van der Waals surface area (Å²) in [5, 5.41) is 0.815. The number of fused-ring (bicyclic) bond motifs is 1. The Hall–Kier alpha value is -1.73. The lowest BCUT2D eigenvalue weighted by atomic mass is 9.87. The minimum atomic E-state index is 0.815. The van der Waals surface area contributed by atoms with Crippen molar-refractivity contribution < 1.29 is 4.74 Å². The molecule has 19 heavy (non-hydrogen) atoms. The quantitative estimate of drug-likeness (QED) is 0.767. The van der Waals surface area contributed by atoms with Crippen LogP contribution >= 0.6 is 11.6 Å². The highest BCUT2D eigenvalue weighted by molar-refractivity contribution is 6.30. The van der Waals surface area contributed by atoms with Crippen molar-refractivity contribution in [2.45, 2.75) is 12.8 Å². The van der Waals surface area contributed by atoms with E-state index < -0.39 is 0 Å². The van der Waals surface area contributed by atoms with Crippen molar-refractivity contribution in [3.63, 3.8) is 0 Å². The lowest BCUT2D eigenvalue weighted by molar-refractivity contribution is 0.415. The Morgan fingerprint density at radius 3 is 2.58 bits per heavy atom. The largest absolute Gasteiger partial charge is 0.497 e. The lowest BCUT2D eigenvalue weighted by Crippen LogP contribution is -2.00. The topological polar surface area (TPSA) is 9.23 Å². The Morgan fingerprint density at radius 1 is 1.05 bits per heavy atom. The van der Waals surface area contributed by atoms with Gasteiger partial charge >= 0.3 is 0 Å². The van der Waals surface area contributed by atoms with Gasteiger partial charge in [-0.3, -0.25) is 0 Å². The van der Waals surface area contributed by atoms with E-state index in [1.807, 2.05) is 18.2 Å². The molecule has 0 unspecified atom stereocenters. The predicted octanol–water partition coefficient (Wildman–Crippen LogP) is 4.73. The number of aryl methyl sites for hydroxylation is 1. The number of benzene rings is 2. The van der Waals surface area contributed by atoms with Crippen LogP contribution in [0.2, 0.25) is 5.02 Å². The van der Waals surface area contributed by atoms with Gasteiger partial charge < -0.3 is 4.74 Å². The number of ether oxygens (including phenoxy) is 1. The molecule has 0 aliphatic heterocycles. The van der Waals surface area contributed by atoms with Crippen LogP contribution in [0, 0.1) is 0 Å². The molecule has 2 aromatic carbocycles. The molecule has 0 amide bonds. The maximum absolute atomic E-state index is 6.07. The predicted molar refractivity (Wildman–Crippen MR) is 79.8 cm³/mol. The summed E-state index contributed by atoms with van der Waals surface area (Å²) in [6, 6.07) is 14.4. The zero-order valence-electron chi connectivity index (χ0n) is 10.8. The summed E-state index contributed by atoms with van der Waals surface area (Å²) in [7, 11) is 1.69. The molecule has 96 valence electrons. The first-order valence-corrected chi connectivity index (χ1v) is 6.79. The molecule has 0 atom stereocenters. The molecule has 0 N–H and O–H groups in total. The first-order chi connectivity index (χ1) is 9.28. The van der Waals surface area contributed by atoms with Crippen LogP contribution in [-0.2, 0) is 6.42 Å². The van der Waals surface area contributed by atoms with Crippen molar-refractivity contribution in [1.82, 2.24) is 0 Å². The minimum Gasteiger partial charge on any atom is -0.497 e. The third-order valence-electron chi connectivity index (χ3n) is 3.52. The van der Waals surface area contributed by atoms with E-state index in [2.05, 4.69) is 30.3 Å². The molecule has 0 heterocycles. The number of rotatable bonds is 2. The van der Waals surface area contributed by atoms with Crippen LogP contribution in [0.5, 0.6) is 5.75 Å². The molecular formula is C17H15ClO. The molecule has 2 aromatic rings. The average molecular weight is 271 g/mol. The molecule has 1 aliphatic carbocycles. The van der Waals surface area contributed by atoms with Crippen LogP contribution in [0.15, 0.2) is 48.5 Å². The number of halogens is 1. The maximum atomic E-state index is 6.07. The van der Waals surface area contributed by atoms with E-state index in [4.69, 9.17) is 16.3 Å². The van der Waals surface area contributed by atoms with Gasteiger partial charge in [-0.15, -0.1) is 0 Å². The summed E-state index contributed by atoms with van der Waals surface area (Å²) in [4.78, 5) is 0. The smallest absolute Gasteiger partial charge is 0.118 e. The summed E-state index contributed by atoms with van der Waals surface area (Å²) in [5.74, 6) is 0.886. The molecule has 0 saturated heterocycles. The molecule has 2 heteroatoms. The first-order valence-electron chi connectivity index (χ1n) is 6.41. The average Bonchev–Trinajstić information content (AvgIpc) is 2.46. The van der Waals surface area contributed by atoms with E-state index in [9.17, 15) is 0 Å². The summed E-state index contributed by atoms with van der Waals surface area (Å²) in [5.41, 5.74) is 5.14. The van der Waals surface area contributed by atoms with Crippen molar-refractivity contribution in [2.24, 2.45) is 0 Å². The molecule has 0 spiro atoms. The van der Waals surface area contributed by atoms with Crippen LogP contribution in [-0.4, -0.2) is 7.11 Å². The molecule has 1 aliphatic rings. The van der Waals surface area contributed by atoms with Crippen LogP contribution in [0.1, 0.15) is 23.1 Å². The van der Waals surface area contributed by atoms with E-state index in [1.165, 1.54) is 22.3 Å². The van der Waals surface area contributed by atoms with Gasteiger partial charge in [0.25, 0.3) is 0 Å². The molecule has 0 aromatic heterocycles. The summed E-state index contributed by atoms with van der Waals surface area (Å²) in [6.45, 7) is 0. The highest BCUT2D eigenvalue weighted by Crippen LogP contribution is 2.33. The monoisotopic (exact) mass is 270 g/mol. The fourth-order valence-corrected chi connectivity index (χ4v) is 2.75. The van der Waals surface area contributed by atoms with Gasteiger partial charge in [0.05, 0.1) is 7.11 Å². The van der Waals surface area contributed by atoms with Crippen LogP contribution in [0.25, 0.3) is 5.57 Å². The fourth-order valence-electron chi connectivity index (χ4n) is 2.56. The normalized spacial score (nSPS) is 13.7. The molecule has 0 radical (unpaired) electrons. The summed E-state index contributed by atoms with van der Waals surface area (Å²) >= 11 is 6.07. The molecular weight excluding hydrogens is 256 g/mol. The second-order valence-corrected chi connectivity index (χ2v) is 5.12. The Kier molecular flexibility index (Phi) is 3.31. The third kappa shape index (κ3) is 2.39.